The fourth-order valence-electron chi connectivity index (χ4n) is 3.64. The van der Waals surface area contributed by atoms with Crippen molar-refractivity contribution in [2.24, 2.45) is 5.73 Å². The molecule has 0 spiro atoms. The van der Waals surface area contributed by atoms with Gasteiger partial charge in [-0.3, -0.25) is 9.69 Å². The van der Waals surface area contributed by atoms with E-state index in [2.05, 4.69) is 54.4 Å². The summed E-state index contributed by atoms with van der Waals surface area (Å²) >= 11 is 0. The van der Waals surface area contributed by atoms with Crippen molar-refractivity contribution < 1.29 is 4.79 Å². The van der Waals surface area contributed by atoms with Crippen LogP contribution in [-0.4, -0.2) is 28.9 Å². The number of likely N-dealkylation sites (tertiary alicyclic amines) is 1. The summed E-state index contributed by atoms with van der Waals surface area (Å²) in [6, 6.07) is 19.1. The Balaban J connectivity index is 1.61. The zero-order valence-electron chi connectivity index (χ0n) is 15.0. The van der Waals surface area contributed by atoms with Crippen molar-refractivity contribution in [3.8, 4) is 0 Å². The zero-order chi connectivity index (χ0) is 17.9. The van der Waals surface area contributed by atoms with Crippen LogP contribution in [0.3, 0.4) is 0 Å². The van der Waals surface area contributed by atoms with Gasteiger partial charge in [0.2, 0.25) is 5.91 Å². The lowest BCUT2D eigenvalue weighted by molar-refractivity contribution is -0.117. The first kappa shape index (κ1) is 17.5. The minimum atomic E-state index is -0.296. The van der Waals surface area contributed by atoms with E-state index in [0.29, 0.717) is 12.5 Å². The number of hydrogen-bond acceptors (Lipinski definition) is 3. The number of nitrogens with two attached hydrogens (primary N) is 1. The molecule has 1 aliphatic heterocycles. The molecule has 1 fully saturated rings. The number of carbonyl (C=O) groups is 1. The fourth-order valence-corrected chi connectivity index (χ4v) is 3.64. The van der Waals surface area contributed by atoms with Gasteiger partial charge in [-0.2, -0.15) is 0 Å². The molecule has 3 N–H and O–H groups in total. The van der Waals surface area contributed by atoms with Gasteiger partial charge >= 0.3 is 0 Å². The van der Waals surface area contributed by atoms with E-state index in [9.17, 15) is 4.79 Å². The maximum atomic E-state index is 11.0. The van der Waals surface area contributed by atoms with E-state index in [1.807, 2.05) is 24.3 Å². The summed E-state index contributed by atoms with van der Waals surface area (Å²) in [6.07, 6.45) is 1.39. The Bertz CT molecular complexity index is 710. The number of hydrogen-bond donors (Lipinski definition) is 2. The maximum absolute atomic E-state index is 11.0. The summed E-state index contributed by atoms with van der Waals surface area (Å²) in [5.41, 5.74) is 8.81. The van der Waals surface area contributed by atoms with E-state index in [0.717, 1.165) is 30.8 Å². The number of rotatable bonds is 6. The number of carbonyl (C=O) groups excluding carboxylic acids is 1. The second-order valence-electron chi connectivity index (χ2n) is 7.56. The standard InChI is InChI=1S/C21H27N3O/c1-21(2)13-19(15-24(21)14-17-6-4-3-5-7-17)23-18-10-8-16(9-11-18)12-20(22)25/h3-11,19,23H,12-15H2,1-2H3,(H2,22,25)/t19-/m0/s1. The molecule has 0 aliphatic carbocycles. The highest BCUT2D eigenvalue weighted by Gasteiger charge is 2.38. The molecule has 3 rings (SSSR count). The van der Waals surface area contributed by atoms with Crippen molar-refractivity contribution in [3.63, 3.8) is 0 Å². The highest BCUT2D eigenvalue weighted by molar-refractivity contribution is 5.76. The van der Waals surface area contributed by atoms with Gasteiger partial charge in [0.05, 0.1) is 6.42 Å². The highest BCUT2D eigenvalue weighted by Crippen LogP contribution is 2.31. The van der Waals surface area contributed by atoms with Crippen molar-refractivity contribution in [1.29, 1.82) is 0 Å². The average molecular weight is 337 g/mol. The lowest BCUT2D eigenvalue weighted by Crippen LogP contribution is -2.37. The molecule has 0 radical (unpaired) electrons. The van der Waals surface area contributed by atoms with E-state index in [1.54, 1.807) is 0 Å². The molecule has 4 heteroatoms. The molecule has 0 bridgehead atoms. The largest absolute Gasteiger partial charge is 0.381 e. The molecule has 1 atom stereocenters. The summed E-state index contributed by atoms with van der Waals surface area (Å²) in [5.74, 6) is -0.296. The molecular weight excluding hydrogens is 310 g/mol. The van der Waals surface area contributed by atoms with Crippen molar-refractivity contribution >= 4 is 11.6 Å². The van der Waals surface area contributed by atoms with Gasteiger partial charge in [0.25, 0.3) is 0 Å². The van der Waals surface area contributed by atoms with Gasteiger partial charge in [-0.25, -0.2) is 0 Å². The van der Waals surface area contributed by atoms with Gasteiger partial charge in [0.1, 0.15) is 0 Å². The second-order valence-corrected chi connectivity index (χ2v) is 7.56. The molecule has 1 heterocycles. The fraction of sp³-hybridized carbons (Fsp3) is 0.381. The highest BCUT2D eigenvalue weighted by atomic mass is 16.1. The number of benzene rings is 2. The number of anilines is 1. The van der Waals surface area contributed by atoms with Gasteiger partial charge in [-0.1, -0.05) is 42.5 Å². The molecule has 4 nitrogen and oxygen atoms in total. The molecule has 1 aliphatic rings. The first-order chi connectivity index (χ1) is 11.9. The Hall–Kier alpha value is -2.33. The van der Waals surface area contributed by atoms with Crippen molar-refractivity contribution in [2.75, 3.05) is 11.9 Å². The van der Waals surface area contributed by atoms with Gasteiger partial charge in [-0.05, 0) is 43.5 Å². The third-order valence-electron chi connectivity index (χ3n) is 4.96. The summed E-state index contributed by atoms with van der Waals surface area (Å²) in [6.45, 7) is 6.62. The molecule has 1 amide bonds. The molecule has 0 saturated carbocycles. The van der Waals surface area contributed by atoms with E-state index >= 15 is 0 Å². The maximum Gasteiger partial charge on any atom is 0.221 e. The Morgan fingerprint density at radius 3 is 2.44 bits per heavy atom. The molecule has 1 saturated heterocycles. The normalized spacial score (nSPS) is 19.7. The SMILES string of the molecule is CC1(C)C[C@H](Nc2ccc(CC(N)=O)cc2)CN1Cc1ccccc1. The third-order valence-corrected chi connectivity index (χ3v) is 4.96. The molecule has 0 aromatic heterocycles. The number of primary amides is 1. The number of amides is 1. The topological polar surface area (TPSA) is 58.4 Å². The zero-order valence-corrected chi connectivity index (χ0v) is 15.0. The Morgan fingerprint density at radius 2 is 1.80 bits per heavy atom. The predicted octanol–water partition coefficient (Wildman–Crippen LogP) is 3.18. The molecule has 25 heavy (non-hydrogen) atoms. The number of nitrogens with one attached hydrogen (secondary N) is 1. The first-order valence-electron chi connectivity index (χ1n) is 8.85. The van der Waals surface area contributed by atoms with Crippen molar-refractivity contribution in [1.82, 2.24) is 4.90 Å². The van der Waals surface area contributed by atoms with Crippen LogP contribution in [0.5, 0.6) is 0 Å². The van der Waals surface area contributed by atoms with Crippen LogP contribution in [0, 0.1) is 0 Å². The monoisotopic (exact) mass is 337 g/mol. The van der Waals surface area contributed by atoms with Gasteiger partial charge in [0, 0.05) is 30.4 Å². The summed E-state index contributed by atoms with van der Waals surface area (Å²) in [5, 5.41) is 3.63. The van der Waals surface area contributed by atoms with Crippen LogP contribution in [0.1, 0.15) is 31.4 Å². The molecule has 2 aromatic carbocycles. The van der Waals surface area contributed by atoms with E-state index in [-0.39, 0.29) is 11.4 Å². The van der Waals surface area contributed by atoms with Crippen LogP contribution >= 0.6 is 0 Å². The predicted molar refractivity (Wildman–Crippen MR) is 102 cm³/mol. The molecule has 132 valence electrons. The van der Waals surface area contributed by atoms with Crippen LogP contribution in [0.15, 0.2) is 54.6 Å². The first-order valence-corrected chi connectivity index (χ1v) is 8.85. The van der Waals surface area contributed by atoms with Crippen molar-refractivity contribution in [3.05, 3.63) is 65.7 Å². The second kappa shape index (κ2) is 7.28. The lowest BCUT2D eigenvalue weighted by Gasteiger charge is -2.31. The van der Waals surface area contributed by atoms with E-state index in [4.69, 9.17) is 5.73 Å². The van der Waals surface area contributed by atoms with Crippen LogP contribution < -0.4 is 11.1 Å². The van der Waals surface area contributed by atoms with Crippen LogP contribution in [-0.2, 0) is 17.8 Å². The minimum absolute atomic E-state index is 0.166. The van der Waals surface area contributed by atoms with Crippen LogP contribution in [0.25, 0.3) is 0 Å². The van der Waals surface area contributed by atoms with Gasteiger partial charge in [-0.15, -0.1) is 0 Å². The average Bonchev–Trinajstić information content (AvgIpc) is 2.83. The summed E-state index contributed by atoms with van der Waals surface area (Å²) in [4.78, 5) is 13.5. The quantitative estimate of drug-likeness (QED) is 0.851. The lowest BCUT2D eigenvalue weighted by atomic mass is 9.99. The summed E-state index contributed by atoms with van der Waals surface area (Å²) < 4.78 is 0. The van der Waals surface area contributed by atoms with Gasteiger partial charge < -0.3 is 11.1 Å². The third kappa shape index (κ3) is 4.60. The van der Waals surface area contributed by atoms with Crippen LogP contribution in [0.2, 0.25) is 0 Å². The Kier molecular flexibility index (Phi) is 5.09. The molecular formula is C21H27N3O. The Labute approximate surface area is 150 Å². The number of nitrogens with zero attached hydrogens (tertiary/aromatic N) is 1. The Morgan fingerprint density at radius 1 is 1.12 bits per heavy atom. The minimum Gasteiger partial charge on any atom is -0.381 e. The van der Waals surface area contributed by atoms with E-state index < -0.39 is 0 Å². The van der Waals surface area contributed by atoms with Crippen molar-refractivity contribution in [2.45, 2.75) is 44.8 Å². The van der Waals surface area contributed by atoms with Gasteiger partial charge in [0.15, 0.2) is 0 Å². The summed E-state index contributed by atoms with van der Waals surface area (Å²) in [7, 11) is 0. The van der Waals surface area contributed by atoms with E-state index in [1.165, 1.54) is 5.56 Å². The molecule has 0 unspecified atom stereocenters. The smallest absolute Gasteiger partial charge is 0.221 e. The molecule has 2 aromatic rings. The van der Waals surface area contributed by atoms with Crippen LogP contribution in [0.4, 0.5) is 5.69 Å².